The number of allylic oxidation sites excluding steroid dienone is 2. The second-order valence-electron chi connectivity index (χ2n) is 2.13. The van der Waals surface area contributed by atoms with E-state index in [1.165, 1.54) is 0 Å². The topological polar surface area (TPSA) is 15.6 Å². The van der Waals surface area contributed by atoms with Crippen LogP contribution in [0.4, 0.5) is 0 Å². The first-order chi connectivity index (χ1) is 4.20. The molecule has 0 aromatic heterocycles. The maximum absolute atomic E-state index is 4.06. The minimum Gasteiger partial charge on any atom is -0.348 e. The first kappa shape index (κ1) is 6.08. The minimum absolute atomic E-state index is 0.931. The summed E-state index contributed by atoms with van der Waals surface area (Å²) >= 11 is 0. The number of hydrogen-bond donors (Lipinski definition) is 0. The van der Waals surface area contributed by atoms with Crippen LogP contribution in [0.3, 0.4) is 0 Å². The third kappa shape index (κ3) is 1.19. The molecule has 0 unspecified atom stereocenters. The summed E-state index contributed by atoms with van der Waals surface area (Å²) in [7, 11) is 1.96. The van der Waals surface area contributed by atoms with Crippen molar-refractivity contribution < 1.29 is 0 Å². The van der Waals surface area contributed by atoms with Crippen molar-refractivity contribution in [1.82, 2.24) is 4.90 Å². The van der Waals surface area contributed by atoms with E-state index in [4.69, 9.17) is 0 Å². The fourth-order valence-electron chi connectivity index (χ4n) is 0.664. The molecule has 0 amide bonds. The van der Waals surface area contributed by atoms with Crippen LogP contribution in [0.2, 0.25) is 0 Å². The third-order valence-electron chi connectivity index (χ3n) is 1.25. The van der Waals surface area contributed by atoms with Gasteiger partial charge in [0.05, 0.1) is 17.6 Å². The molecule has 0 aromatic rings. The van der Waals surface area contributed by atoms with Crippen LogP contribution in [0.25, 0.3) is 0 Å². The van der Waals surface area contributed by atoms with Gasteiger partial charge in [-0.2, -0.15) is 0 Å². The van der Waals surface area contributed by atoms with Gasteiger partial charge in [-0.25, -0.2) is 0 Å². The lowest BCUT2D eigenvalue weighted by molar-refractivity contribution is 0.590. The van der Waals surface area contributed by atoms with Crippen molar-refractivity contribution in [3.8, 4) is 0 Å². The summed E-state index contributed by atoms with van der Waals surface area (Å²) in [5.41, 5.74) is 1.95. The lowest BCUT2D eigenvalue weighted by atomic mass is 10.4. The van der Waals surface area contributed by atoms with E-state index in [1.54, 1.807) is 6.21 Å². The van der Waals surface area contributed by atoms with Crippen LogP contribution < -0.4 is 0 Å². The molecule has 0 spiro atoms. The van der Waals surface area contributed by atoms with Gasteiger partial charge in [0.1, 0.15) is 0 Å². The highest BCUT2D eigenvalue weighted by atomic mass is 15.1. The Morgan fingerprint density at radius 1 is 1.67 bits per heavy atom. The molecule has 1 aliphatic rings. The van der Waals surface area contributed by atoms with Gasteiger partial charge in [-0.1, -0.05) is 6.58 Å². The molecule has 0 N–H and O–H groups in total. The highest BCUT2D eigenvalue weighted by Crippen LogP contribution is 2.07. The summed E-state index contributed by atoms with van der Waals surface area (Å²) < 4.78 is 0. The normalized spacial score (nSPS) is 18.2. The molecule has 0 fully saturated rings. The first-order valence-electron chi connectivity index (χ1n) is 2.84. The van der Waals surface area contributed by atoms with Crippen molar-refractivity contribution in [3.05, 3.63) is 24.2 Å². The average Bonchev–Trinajstić information content (AvgIpc) is 1.80. The molecule has 1 aliphatic heterocycles. The molecule has 48 valence electrons. The van der Waals surface area contributed by atoms with Gasteiger partial charge in [0.25, 0.3) is 0 Å². The highest BCUT2D eigenvalue weighted by molar-refractivity contribution is 5.79. The van der Waals surface area contributed by atoms with Crippen LogP contribution in [0, 0.1) is 0 Å². The van der Waals surface area contributed by atoms with Gasteiger partial charge in [0.2, 0.25) is 0 Å². The Hall–Kier alpha value is -1.05. The lowest BCUT2D eigenvalue weighted by Gasteiger charge is -2.17. The molecular weight excluding hydrogens is 112 g/mol. The van der Waals surface area contributed by atoms with Gasteiger partial charge in [-0.15, -0.1) is 0 Å². The SMILES string of the molecule is C=C1C=NC(C)=CN1C. The predicted octanol–water partition coefficient (Wildman–Crippen LogP) is 1.38. The van der Waals surface area contributed by atoms with Crippen molar-refractivity contribution >= 4 is 6.21 Å². The second-order valence-corrected chi connectivity index (χ2v) is 2.13. The maximum atomic E-state index is 4.06. The van der Waals surface area contributed by atoms with Gasteiger partial charge >= 0.3 is 0 Å². The Morgan fingerprint density at radius 2 is 2.33 bits per heavy atom. The third-order valence-corrected chi connectivity index (χ3v) is 1.25. The summed E-state index contributed by atoms with van der Waals surface area (Å²) in [4.78, 5) is 6.00. The lowest BCUT2D eigenvalue weighted by Crippen LogP contribution is -2.13. The van der Waals surface area contributed by atoms with E-state index in [1.807, 2.05) is 25.1 Å². The number of nitrogens with zero attached hydrogens (tertiary/aromatic N) is 2. The zero-order valence-corrected chi connectivity index (χ0v) is 5.76. The fourth-order valence-corrected chi connectivity index (χ4v) is 0.664. The van der Waals surface area contributed by atoms with Gasteiger partial charge in [-0.05, 0) is 6.92 Å². The van der Waals surface area contributed by atoms with E-state index in [2.05, 4.69) is 11.6 Å². The highest BCUT2D eigenvalue weighted by Gasteiger charge is 1.99. The van der Waals surface area contributed by atoms with E-state index in [0.717, 1.165) is 11.4 Å². The summed E-state index contributed by atoms with van der Waals surface area (Å²) in [6.45, 7) is 5.72. The summed E-state index contributed by atoms with van der Waals surface area (Å²) in [5, 5.41) is 0. The molecule has 1 heterocycles. The summed E-state index contributed by atoms with van der Waals surface area (Å²) in [6, 6.07) is 0. The second kappa shape index (κ2) is 2.05. The van der Waals surface area contributed by atoms with E-state index in [0.29, 0.717) is 0 Å². The largest absolute Gasteiger partial charge is 0.348 e. The Balaban J connectivity index is 2.82. The minimum atomic E-state index is 0.931. The Morgan fingerprint density at radius 3 is 2.78 bits per heavy atom. The molecule has 0 atom stereocenters. The van der Waals surface area contributed by atoms with E-state index in [-0.39, 0.29) is 0 Å². The molecule has 2 nitrogen and oxygen atoms in total. The summed E-state index contributed by atoms with van der Waals surface area (Å²) in [6.07, 6.45) is 3.71. The summed E-state index contributed by atoms with van der Waals surface area (Å²) in [5.74, 6) is 0. The van der Waals surface area contributed by atoms with Crippen molar-refractivity contribution in [2.45, 2.75) is 6.92 Å². The molecule has 0 aromatic carbocycles. The molecule has 2 heteroatoms. The Kier molecular flexibility index (Phi) is 1.39. The van der Waals surface area contributed by atoms with Crippen molar-refractivity contribution in [3.63, 3.8) is 0 Å². The molecule has 0 saturated carbocycles. The predicted molar refractivity (Wildman–Crippen MR) is 39.2 cm³/mol. The standard InChI is InChI=1S/C7H10N2/c1-6-5-9(3)7(2)4-8-6/h4-5H,2H2,1,3H3. The van der Waals surface area contributed by atoms with Crippen LogP contribution in [0.5, 0.6) is 0 Å². The Bertz CT molecular complexity index is 189. The number of hydrogen-bond acceptors (Lipinski definition) is 2. The van der Waals surface area contributed by atoms with Crippen LogP contribution in [-0.4, -0.2) is 18.2 Å². The number of aliphatic imine (C=N–C) groups is 1. The quantitative estimate of drug-likeness (QED) is 0.474. The first-order valence-corrected chi connectivity index (χ1v) is 2.84. The Labute approximate surface area is 55.2 Å². The van der Waals surface area contributed by atoms with E-state index >= 15 is 0 Å². The molecule has 0 saturated heterocycles. The zero-order chi connectivity index (χ0) is 6.85. The van der Waals surface area contributed by atoms with Crippen molar-refractivity contribution in [1.29, 1.82) is 0 Å². The molecule has 1 rings (SSSR count). The smallest absolute Gasteiger partial charge is 0.0535 e. The van der Waals surface area contributed by atoms with E-state index < -0.39 is 0 Å². The van der Waals surface area contributed by atoms with E-state index in [9.17, 15) is 0 Å². The van der Waals surface area contributed by atoms with Gasteiger partial charge in [0.15, 0.2) is 0 Å². The van der Waals surface area contributed by atoms with Gasteiger partial charge < -0.3 is 4.90 Å². The number of rotatable bonds is 0. The van der Waals surface area contributed by atoms with Crippen LogP contribution in [0.1, 0.15) is 6.92 Å². The van der Waals surface area contributed by atoms with Gasteiger partial charge in [-0.3, -0.25) is 4.99 Å². The molecule has 0 radical (unpaired) electrons. The fraction of sp³-hybridized carbons (Fsp3) is 0.286. The molecular formula is C7H10N2. The van der Waals surface area contributed by atoms with Crippen LogP contribution in [0.15, 0.2) is 29.2 Å². The maximum Gasteiger partial charge on any atom is 0.0535 e. The average molecular weight is 122 g/mol. The van der Waals surface area contributed by atoms with Crippen LogP contribution >= 0.6 is 0 Å². The van der Waals surface area contributed by atoms with Gasteiger partial charge in [0, 0.05) is 13.2 Å². The van der Waals surface area contributed by atoms with Crippen molar-refractivity contribution in [2.24, 2.45) is 4.99 Å². The zero-order valence-electron chi connectivity index (χ0n) is 5.76. The molecule has 9 heavy (non-hydrogen) atoms. The molecule has 0 aliphatic carbocycles. The monoisotopic (exact) mass is 122 g/mol. The molecule has 0 bridgehead atoms. The van der Waals surface area contributed by atoms with Crippen molar-refractivity contribution in [2.75, 3.05) is 7.05 Å². The van der Waals surface area contributed by atoms with Crippen LogP contribution in [-0.2, 0) is 0 Å².